The standard InChI is InChI=1S/C24H19N3O/c25-14-5-15-27-17-20(22-8-3-4-9-23(22)27)11-13-24(28)26-21-12-10-18-6-1-2-7-19(18)16-21/h1-4,6-13,16-17H,5,15H2,(H,26,28)/b13-11+. The molecule has 1 N–H and O–H groups in total. The number of hydrogen-bond donors (Lipinski definition) is 1. The van der Waals surface area contributed by atoms with E-state index >= 15 is 0 Å². The second-order valence-electron chi connectivity index (χ2n) is 6.59. The van der Waals surface area contributed by atoms with Gasteiger partial charge in [0.25, 0.3) is 0 Å². The number of benzene rings is 3. The lowest BCUT2D eigenvalue weighted by Gasteiger charge is -2.04. The molecule has 28 heavy (non-hydrogen) atoms. The van der Waals surface area contributed by atoms with Crippen LogP contribution in [-0.4, -0.2) is 10.5 Å². The predicted octanol–water partition coefficient (Wildman–Crippen LogP) is 5.36. The van der Waals surface area contributed by atoms with Crippen molar-refractivity contribution in [1.82, 2.24) is 4.57 Å². The first kappa shape index (κ1) is 17.6. The van der Waals surface area contributed by atoms with Gasteiger partial charge in [0, 0.05) is 41.0 Å². The summed E-state index contributed by atoms with van der Waals surface area (Å²) in [5, 5.41) is 15.1. The van der Waals surface area contributed by atoms with Crippen LogP contribution in [0.2, 0.25) is 0 Å². The molecule has 0 unspecified atom stereocenters. The molecule has 136 valence electrons. The molecular weight excluding hydrogens is 346 g/mol. The minimum Gasteiger partial charge on any atom is -0.346 e. The Labute approximate surface area is 163 Å². The molecule has 0 spiro atoms. The van der Waals surface area contributed by atoms with Crippen LogP contribution in [0.15, 0.2) is 79.0 Å². The molecule has 4 nitrogen and oxygen atoms in total. The summed E-state index contributed by atoms with van der Waals surface area (Å²) in [6, 6.07) is 24.1. The van der Waals surface area contributed by atoms with Crippen molar-refractivity contribution >= 4 is 39.3 Å². The van der Waals surface area contributed by atoms with E-state index in [4.69, 9.17) is 5.26 Å². The summed E-state index contributed by atoms with van der Waals surface area (Å²) in [5.41, 5.74) is 2.79. The minimum absolute atomic E-state index is 0.177. The third kappa shape index (κ3) is 3.65. The molecule has 4 heteroatoms. The quantitative estimate of drug-likeness (QED) is 0.484. The summed E-state index contributed by atoms with van der Waals surface area (Å²) >= 11 is 0. The normalized spacial score (nSPS) is 11.1. The smallest absolute Gasteiger partial charge is 0.248 e. The van der Waals surface area contributed by atoms with Gasteiger partial charge in [-0.1, -0.05) is 48.5 Å². The molecule has 0 fully saturated rings. The molecule has 1 amide bonds. The van der Waals surface area contributed by atoms with Gasteiger partial charge in [-0.2, -0.15) is 5.26 Å². The highest BCUT2D eigenvalue weighted by Gasteiger charge is 2.06. The van der Waals surface area contributed by atoms with Crippen molar-refractivity contribution in [2.24, 2.45) is 0 Å². The molecule has 0 aliphatic carbocycles. The number of nitrogens with one attached hydrogen (secondary N) is 1. The van der Waals surface area contributed by atoms with Gasteiger partial charge in [0.15, 0.2) is 0 Å². The fraction of sp³-hybridized carbons (Fsp3) is 0.0833. The number of aryl methyl sites for hydroxylation is 1. The SMILES string of the molecule is N#CCCn1cc(/C=C/C(=O)Nc2ccc3ccccc3c2)c2ccccc21. The van der Waals surface area contributed by atoms with E-state index in [-0.39, 0.29) is 5.91 Å². The van der Waals surface area contributed by atoms with E-state index in [2.05, 4.69) is 16.0 Å². The number of nitriles is 1. The number of nitrogens with zero attached hydrogens (tertiary/aromatic N) is 2. The van der Waals surface area contributed by atoms with E-state index in [1.165, 1.54) is 0 Å². The predicted molar refractivity (Wildman–Crippen MR) is 114 cm³/mol. The Balaban J connectivity index is 1.54. The zero-order chi connectivity index (χ0) is 19.3. The number of hydrogen-bond acceptors (Lipinski definition) is 2. The average molecular weight is 365 g/mol. The number of carbonyl (C=O) groups is 1. The first-order valence-electron chi connectivity index (χ1n) is 9.17. The summed E-state index contributed by atoms with van der Waals surface area (Å²) < 4.78 is 2.06. The van der Waals surface area contributed by atoms with Gasteiger partial charge in [0.1, 0.15) is 0 Å². The lowest BCUT2D eigenvalue weighted by atomic mass is 10.1. The number of rotatable bonds is 5. The van der Waals surface area contributed by atoms with Crippen molar-refractivity contribution in [1.29, 1.82) is 5.26 Å². The maximum absolute atomic E-state index is 12.4. The largest absolute Gasteiger partial charge is 0.346 e. The van der Waals surface area contributed by atoms with Gasteiger partial charge >= 0.3 is 0 Å². The fourth-order valence-corrected chi connectivity index (χ4v) is 3.38. The van der Waals surface area contributed by atoms with Crippen LogP contribution in [0.25, 0.3) is 27.8 Å². The molecule has 0 aliphatic heterocycles. The number of aromatic nitrogens is 1. The third-order valence-electron chi connectivity index (χ3n) is 4.72. The maximum Gasteiger partial charge on any atom is 0.248 e. The van der Waals surface area contributed by atoms with E-state index in [0.717, 1.165) is 32.9 Å². The van der Waals surface area contributed by atoms with Gasteiger partial charge in [0.05, 0.1) is 12.5 Å². The summed E-state index contributed by atoms with van der Waals surface area (Å²) in [6.07, 6.45) is 5.80. The Morgan fingerprint density at radius 2 is 1.82 bits per heavy atom. The van der Waals surface area contributed by atoms with Crippen LogP contribution < -0.4 is 5.32 Å². The molecule has 4 rings (SSSR count). The fourth-order valence-electron chi connectivity index (χ4n) is 3.38. The molecule has 1 heterocycles. The Hall–Kier alpha value is -3.84. The molecule has 0 atom stereocenters. The number of para-hydroxylation sites is 1. The van der Waals surface area contributed by atoms with Gasteiger partial charge in [-0.3, -0.25) is 4.79 Å². The van der Waals surface area contributed by atoms with E-state index in [1.807, 2.05) is 79.0 Å². The molecule has 1 aromatic heterocycles. The number of anilines is 1. The molecular formula is C24H19N3O. The maximum atomic E-state index is 12.4. The zero-order valence-electron chi connectivity index (χ0n) is 15.3. The van der Waals surface area contributed by atoms with Crippen LogP contribution in [0.5, 0.6) is 0 Å². The molecule has 0 saturated heterocycles. The molecule has 3 aromatic carbocycles. The molecule has 0 radical (unpaired) electrons. The number of amides is 1. The zero-order valence-corrected chi connectivity index (χ0v) is 15.3. The first-order valence-corrected chi connectivity index (χ1v) is 9.17. The van der Waals surface area contributed by atoms with Crippen molar-refractivity contribution in [2.45, 2.75) is 13.0 Å². The van der Waals surface area contributed by atoms with Gasteiger partial charge in [-0.15, -0.1) is 0 Å². The Kier molecular flexibility index (Phi) is 4.90. The number of carbonyl (C=O) groups excluding carboxylic acids is 1. The van der Waals surface area contributed by atoms with Crippen molar-refractivity contribution < 1.29 is 4.79 Å². The van der Waals surface area contributed by atoms with Crippen LogP contribution in [0.3, 0.4) is 0 Å². The Morgan fingerprint density at radius 1 is 1.04 bits per heavy atom. The Bertz CT molecular complexity index is 1230. The topological polar surface area (TPSA) is 57.8 Å². The Morgan fingerprint density at radius 3 is 2.68 bits per heavy atom. The molecule has 0 aliphatic rings. The second-order valence-corrected chi connectivity index (χ2v) is 6.59. The summed E-state index contributed by atoms with van der Waals surface area (Å²) in [5.74, 6) is -0.177. The van der Waals surface area contributed by atoms with E-state index in [9.17, 15) is 4.79 Å². The van der Waals surface area contributed by atoms with E-state index in [0.29, 0.717) is 13.0 Å². The monoisotopic (exact) mass is 365 g/mol. The molecule has 0 bridgehead atoms. The highest BCUT2D eigenvalue weighted by atomic mass is 16.1. The van der Waals surface area contributed by atoms with Gasteiger partial charge < -0.3 is 9.88 Å². The van der Waals surface area contributed by atoms with Crippen molar-refractivity contribution in [3.63, 3.8) is 0 Å². The van der Waals surface area contributed by atoms with Crippen LogP contribution in [-0.2, 0) is 11.3 Å². The second kappa shape index (κ2) is 7.81. The number of fused-ring (bicyclic) bond motifs is 2. The van der Waals surface area contributed by atoms with Crippen molar-refractivity contribution in [2.75, 3.05) is 5.32 Å². The van der Waals surface area contributed by atoms with Gasteiger partial charge in [-0.05, 0) is 35.0 Å². The highest BCUT2D eigenvalue weighted by Crippen LogP contribution is 2.23. The van der Waals surface area contributed by atoms with Crippen LogP contribution in [0.1, 0.15) is 12.0 Å². The average Bonchev–Trinajstić information content (AvgIpc) is 3.08. The minimum atomic E-state index is -0.177. The van der Waals surface area contributed by atoms with Crippen molar-refractivity contribution in [3.05, 3.63) is 84.6 Å². The lowest BCUT2D eigenvalue weighted by Crippen LogP contribution is -2.07. The van der Waals surface area contributed by atoms with Crippen LogP contribution in [0, 0.1) is 11.3 Å². The third-order valence-corrected chi connectivity index (χ3v) is 4.72. The van der Waals surface area contributed by atoms with Crippen molar-refractivity contribution in [3.8, 4) is 6.07 Å². The van der Waals surface area contributed by atoms with Gasteiger partial charge in [0.2, 0.25) is 5.91 Å². The first-order chi connectivity index (χ1) is 13.7. The van der Waals surface area contributed by atoms with E-state index < -0.39 is 0 Å². The summed E-state index contributed by atoms with van der Waals surface area (Å²) in [6.45, 7) is 0.633. The van der Waals surface area contributed by atoms with E-state index in [1.54, 1.807) is 6.08 Å². The molecule has 0 saturated carbocycles. The lowest BCUT2D eigenvalue weighted by molar-refractivity contribution is -0.111. The van der Waals surface area contributed by atoms with Crippen LogP contribution >= 0.6 is 0 Å². The van der Waals surface area contributed by atoms with Gasteiger partial charge in [-0.25, -0.2) is 0 Å². The van der Waals surface area contributed by atoms with Crippen LogP contribution in [0.4, 0.5) is 5.69 Å². The summed E-state index contributed by atoms with van der Waals surface area (Å²) in [7, 11) is 0. The highest BCUT2D eigenvalue weighted by molar-refractivity contribution is 6.04. The summed E-state index contributed by atoms with van der Waals surface area (Å²) in [4.78, 5) is 12.4. The molecule has 4 aromatic rings.